The SMILES string of the molecule is Cc1cc(C)cc(Oc2cc3c(cc2N)NC(=O)CC3)c1. The Morgan fingerprint density at radius 3 is 2.48 bits per heavy atom. The summed E-state index contributed by atoms with van der Waals surface area (Å²) in [5, 5.41) is 2.84. The Hall–Kier alpha value is -2.49. The van der Waals surface area contributed by atoms with Crippen LogP contribution in [0.4, 0.5) is 11.4 Å². The highest BCUT2D eigenvalue weighted by Crippen LogP contribution is 2.35. The number of ether oxygens (including phenoxy) is 1. The first-order chi connectivity index (χ1) is 10.0. The van der Waals surface area contributed by atoms with Gasteiger partial charge in [0.1, 0.15) is 5.75 Å². The fourth-order valence-corrected chi connectivity index (χ4v) is 2.63. The first-order valence-corrected chi connectivity index (χ1v) is 6.99. The summed E-state index contributed by atoms with van der Waals surface area (Å²) in [4.78, 5) is 11.4. The molecule has 0 aromatic heterocycles. The third-order valence-electron chi connectivity index (χ3n) is 3.55. The second-order valence-electron chi connectivity index (χ2n) is 5.52. The van der Waals surface area contributed by atoms with E-state index < -0.39 is 0 Å². The molecule has 0 bridgehead atoms. The van der Waals surface area contributed by atoms with Crippen molar-refractivity contribution in [3.8, 4) is 11.5 Å². The van der Waals surface area contributed by atoms with E-state index in [0.717, 1.165) is 28.1 Å². The Balaban J connectivity index is 1.94. The minimum atomic E-state index is 0.0323. The molecule has 1 aliphatic heterocycles. The fourth-order valence-electron chi connectivity index (χ4n) is 2.63. The van der Waals surface area contributed by atoms with Crippen molar-refractivity contribution in [2.45, 2.75) is 26.7 Å². The van der Waals surface area contributed by atoms with Crippen molar-refractivity contribution in [3.63, 3.8) is 0 Å². The lowest BCUT2D eigenvalue weighted by Gasteiger charge is -2.19. The smallest absolute Gasteiger partial charge is 0.224 e. The number of rotatable bonds is 2. The fraction of sp³-hybridized carbons (Fsp3) is 0.235. The molecular weight excluding hydrogens is 264 g/mol. The summed E-state index contributed by atoms with van der Waals surface area (Å²) in [7, 11) is 0. The highest BCUT2D eigenvalue weighted by atomic mass is 16.5. The average molecular weight is 282 g/mol. The Kier molecular flexibility index (Phi) is 3.29. The van der Waals surface area contributed by atoms with Gasteiger partial charge in [0, 0.05) is 12.1 Å². The van der Waals surface area contributed by atoms with Crippen LogP contribution in [0.15, 0.2) is 30.3 Å². The number of aryl methyl sites for hydroxylation is 3. The zero-order valence-electron chi connectivity index (χ0n) is 12.2. The Morgan fingerprint density at radius 1 is 1.05 bits per heavy atom. The van der Waals surface area contributed by atoms with Gasteiger partial charge in [-0.25, -0.2) is 0 Å². The van der Waals surface area contributed by atoms with Crippen molar-refractivity contribution < 1.29 is 9.53 Å². The van der Waals surface area contributed by atoms with Crippen LogP contribution in [0.3, 0.4) is 0 Å². The number of anilines is 2. The number of benzene rings is 2. The van der Waals surface area contributed by atoms with Gasteiger partial charge in [-0.15, -0.1) is 0 Å². The van der Waals surface area contributed by atoms with Crippen molar-refractivity contribution in [1.29, 1.82) is 0 Å². The summed E-state index contributed by atoms with van der Waals surface area (Å²) in [6.07, 6.45) is 1.21. The van der Waals surface area contributed by atoms with Gasteiger partial charge in [-0.2, -0.15) is 0 Å². The van der Waals surface area contributed by atoms with E-state index >= 15 is 0 Å². The van der Waals surface area contributed by atoms with E-state index in [4.69, 9.17) is 10.5 Å². The first-order valence-electron chi connectivity index (χ1n) is 6.99. The van der Waals surface area contributed by atoms with Gasteiger partial charge in [0.15, 0.2) is 5.75 Å². The molecule has 4 nitrogen and oxygen atoms in total. The van der Waals surface area contributed by atoms with E-state index in [-0.39, 0.29) is 5.91 Å². The number of carbonyl (C=O) groups is 1. The molecule has 0 unspecified atom stereocenters. The lowest BCUT2D eigenvalue weighted by Crippen LogP contribution is -2.19. The number of carbonyl (C=O) groups excluding carboxylic acids is 1. The number of amides is 1. The molecule has 2 aromatic rings. The van der Waals surface area contributed by atoms with Gasteiger partial charge < -0.3 is 15.8 Å². The highest BCUT2D eigenvalue weighted by molar-refractivity contribution is 5.94. The van der Waals surface area contributed by atoms with Crippen LogP contribution < -0.4 is 15.8 Å². The Morgan fingerprint density at radius 2 is 1.76 bits per heavy atom. The molecule has 4 heteroatoms. The summed E-state index contributed by atoms with van der Waals surface area (Å²) >= 11 is 0. The quantitative estimate of drug-likeness (QED) is 0.828. The van der Waals surface area contributed by atoms with E-state index in [9.17, 15) is 4.79 Å². The number of nitrogens with two attached hydrogens (primary N) is 1. The maximum absolute atomic E-state index is 11.4. The molecule has 0 radical (unpaired) electrons. The van der Waals surface area contributed by atoms with Gasteiger partial charge in [-0.05, 0) is 61.2 Å². The van der Waals surface area contributed by atoms with Gasteiger partial charge in [-0.3, -0.25) is 4.79 Å². The summed E-state index contributed by atoms with van der Waals surface area (Å²) in [5.74, 6) is 1.44. The largest absolute Gasteiger partial charge is 0.455 e. The molecule has 0 saturated carbocycles. The number of hydrogen-bond acceptors (Lipinski definition) is 3. The summed E-state index contributed by atoms with van der Waals surface area (Å²) in [5.41, 5.74) is 10.7. The standard InChI is InChI=1S/C17H18N2O2/c1-10-5-11(2)7-13(6-10)21-16-8-12-3-4-17(20)19-15(12)9-14(16)18/h5-9H,3-4,18H2,1-2H3,(H,19,20). The van der Waals surface area contributed by atoms with Gasteiger partial charge >= 0.3 is 0 Å². The minimum Gasteiger partial charge on any atom is -0.455 e. The van der Waals surface area contributed by atoms with Crippen LogP contribution in [-0.4, -0.2) is 5.91 Å². The molecule has 3 N–H and O–H groups in total. The van der Waals surface area contributed by atoms with Crippen molar-refractivity contribution in [3.05, 3.63) is 47.0 Å². The second kappa shape index (κ2) is 5.13. The predicted molar refractivity (Wildman–Crippen MR) is 83.8 cm³/mol. The predicted octanol–water partition coefficient (Wildman–Crippen LogP) is 3.56. The minimum absolute atomic E-state index is 0.0323. The summed E-state index contributed by atoms with van der Waals surface area (Å²) in [6, 6.07) is 9.74. The molecule has 1 aliphatic rings. The topological polar surface area (TPSA) is 64.3 Å². The molecule has 1 heterocycles. The molecule has 108 valence electrons. The molecule has 0 spiro atoms. The second-order valence-corrected chi connectivity index (χ2v) is 5.52. The third kappa shape index (κ3) is 2.84. The molecule has 0 aliphatic carbocycles. The van der Waals surface area contributed by atoms with Crippen LogP contribution >= 0.6 is 0 Å². The number of nitrogens with one attached hydrogen (secondary N) is 1. The van der Waals surface area contributed by atoms with Gasteiger partial charge in [0.05, 0.1) is 5.69 Å². The van der Waals surface area contributed by atoms with E-state index in [1.807, 2.05) is 32.0 Å². The van der Waals surface area contributed by atoms with Crippen molar-refractivity contribution in [2.75, 3.05) is 11.1 Å². The Labute approximate surface area is 123 Å². The zero-order chi connectivity index (χ0) is 15.0. The van der Waals surface area contributed by atoms with E-state index in [1.54, 1.807) is 6.07 Å². The van der Waals surface area contributed by atoms with Crippen LogP contribution in [0.1, 0.15) is 23.1 Å². The number of fused-ring (bicyclic) bond motifs is 1. The van der Waals surface area contributed by atoms with Crippen LogP contribution in [0.5, 0.6) is 11.5 Å². The van der Waals surface area contributed by atoms with Gasteiger partial charge in [0.2, 0.25) is 5.91 Å². The molecule has 0 atom stereocenters. The van der Waals surface area contributed by atoms with Crippen molar-refractivity contribution in [1.82, 2.24) is 0 Å². The Bertz CT molecular complexity index is 703. The number of nitrogen functional groups attached to an aromatic ring is 1. The van der Waals surface area contributed by atoms with Gasteiger partial charge in [-0.1, -0.05) is 6.07 Å². The lowest BCUT2D eigenvalue weighted by molar-refractivity contribution is -0.116. The van der Waals surface area contributed by atoms with E-state index in [2.05, 4.69) is 11.4 Å². The highest BCUT2D eigenvalue weighted by Gasteiger charge is 2.17. The molecule has 0 saturated heterocycles. The molecule has 2 aromatic carbocycles. The summed E-state index contributed by atoms with van der Waals surface area (Å²) < 4.78 is 5.93. The molecule has 21 heavy (non-hydrogen) atoms. The molecule has 0 fully saturated rings. The maximum atomic E-state index is 11.4. The first kappa shape index (κ1) is 13.5. The normalized spacial score (nSPS) is 13.5. The van der Waals surface area contributed by atoms with E-state index in [0.29, 0.717) is 24.3 Å². The zero-order valence-corrected chi connectivity index (χ0v) is 12.2. The van der Waals surface area contributed by atoms with Crippen LogP contribution in [-0.2, 0) is 11.2 Å². The van der Waals surface area contributed by atoms with Crippen LogP contribution in [0.25, 0.3) is 0 Å². The molecular formula is C17H18N2O2. The molecule has 1 amide bonds. The van der Waals surface area contributed by atoms with Crippen LogP contribution in [0.2, 0.25) is 0 Å². The maximum Gasteiger partial charge on any atom is 0.224 e. The van der Waals surface area contributed by atoms with E-state index in [1.165, 1.54) is 0 Å². The molecule has 3 rings (SSSR count). The van der Waals surface area contributed by atoms with Crippen molar-refractivity contribution in [2.24, 2.45) is 0 Å². The van der Waals surface area contributed by atoms with Gasteiger partial charge in [0.25, 0.3) is 0 Å². The number of hydrogen-bond donors (Lipinski definition) is 2. The third-order valence-corrected chi connectivity index (χ3v) is 3.55. The summed E-state index contributed by atoms with van der Waals surface area (Å²) in [6.45, 7) is 4.07. The average Bonchev–Trinajstić information content (AvgIpc) is 2.38. The monoisotopic (exact) mass is 282 g/mol. The lowest BCUT2D eigenvalue weighted by atomic mass is 10.0. The van der Waals surface area contributed by atoms with Crippen LogP contribution in [0, 0.1) is 13.8 Å². The van der Waals surface area contributed by atoms with Crippen molar-refractivity contribution >= 4 is 17.3 Å².